The van der Waals surface area contributed by atoms with E-state index in [4.69, 9.17) is 0 Å². The predicted molar refractivity (Wildman–Crippen MR) is 70.6 cm³/mol. The second-order valence-electron chi connectivity index (χ2n) is 4.42. The topological polar surface area (TPSA) is 29.1 Å². The lowest BCUT2D eigenvalue weighted by atomic mass is 9.95. The lowest BCUT2D eigenvalue weighted by Crippen LogP contribution is -2.13. The molecule has 0 aliphatic carbocycles. The number of fused-ring (bicyclic) bond motifs is 1. The number of thiophene rings is 1. The molecular weight excluding hydrogens is 230 g/mol. The quantitative estimate of drug-likeness (QED) is 0.861. The minimum Gasteiger partial charge on any atom is -0.325 e. The van der Waals surface area contributed by atoms with E-state index in [1.54, 1.807) is 11.3 Å². The van der Waals surface area contributed by atoms with Gasteiger partial charge >= 0.3 is 0 Å². The third-order valence-electron chi connectivity index (χ3n) is 3.14. The summed E-state index contributed by atoms with van der Waals surface area (Å²) in [4.78, 5) is 13.2. The number of rotatable bonds is 2. The maximum atomic E-state index is 12.0. The molecule has 1 aliphatic heterocycles. The van der Waals surface area contributed by atoms with E-state index in [1.807, 2.05) is 18.2 Å². The van der Waals surface area contributed by atoms with Gasteiger partial charge < -0.3 is 5.32 Å². The summed E-state index contributed by atoms with van der Waals surface area (Å²) in [5.41, 5.74) is 3.32. The molecule has 2 nitrogen and oxygen atoms in total. The first kappa shape index (κ1) is 10.5. The minimum atomic E-state index is -0.0245. The third-order valence-corrected chi connectivity index (χ3v) is 4.04. The van der Waals surface area contributed by atoms with Gasteiger partial charge in [-0.2, -0.15) is 0 Å². The number of aryl methyl sites for hydroxylation is 1. The van der Waals surface area contributed by atoms with Crippen LogP contribution in [0, 0.1) is 6.92 Å². The van der Waals surface area contributed by atoms with Crippen molar-refractivity contribution < 1.29 is 4.79 Å². The largest absolute Gasteiger partial charge is 0.325 e. The van der Waals surface area contributed by atoms with Gasteiger partial charge in [0, 0.05) is 10.6 Å². The summed E-state index contributed by atoms with van der Waals surface area (Å²) >= 11 is 1.71. The van der Waals surface area contributed by atoms with Crippen LogP contribution >= 0.6 is 11.3 Å². The van der Waals surface area contributed by atoms with Gasteiger partial charge in [-0.3, -0.25) is 4.79 Å². The molecule has 0 spiro atoms. The molecule has 1 N–H and O–H groups in total. The molecule has 0 unspecified atom stereocenters. The van der Waals surface area contributed by atoms with Gasteiger partial charge in [0.05, 0.1) is 5.92 Å². The van der Waals surface area contributed by atoms with Crippen molar-refractivity contribution in [2.75, 3.05) is 5.32 Å². The van der Waals surface area contributed by atoms with Crippen molar-refractivity contribution in [3.8, 4) is 0 Å². The molecule has 1 amide bonds. The van der Waals surface area contributed by atoms with Gasteiger partial charge in [0.15, 0.2) is 0 Å². The van der Waals surface area contributed by atoms with Gasteiger partial charge in [-0.1, -0.05) is 23.8 Å². The van der Waals surface area contributed by atoms with Crippen molar-refractivity contribution in [3.63, 3.8) is 0 Å². The lowest BCUT2D eigenvalue weighted by molar-refractivity contribution is -0.117. The normalized spacial score (nSPS) is 17.9. The lowest BCUT2D eigenvalue weighted by Gasteiger charge is -2.07. The molecule has 3 heteroatoms. The fourth-order valence-electron chi connectivity index (χ4n) is 2.28. The van der Waals surface area contributed by atoms with Crippen molar-refractivity contribution in [2.24, 2.45) is 0 Å². The van der Waals surface area contributed by atoms with E-state index >= 15 is 0 Å². The summed E-state index contributed by atoms with van der Waals surface area (Å²) in [6.07, 6.45) is 0.806. The van der Waals surface area contributed by atoms with Crippen LogP contribution < -0.4 is 5.32 Å². The fourth-order valence-corrected chi connectivity index (χ4v) is 3.03. The summed E-state index contributed by atoms with van der Waals surface area (Å²) < 4.78 is 0. The Balaban J connectivity index is 1.96. The highest BCUT2D eigenvalue weighted by Crippen LogP contribution is 2.35. The van der Waals surface area contributed by atoms with Crippen LogP contribution in [0.2, 0.25) is 0 Å². The van der Waals surface area contributed by atoms with E-state index in [1.165, 1.54) is 10.4 Å². The Bertz CT molecular complexity index is 560. The number of carbonyl (C=O) groups is 1. The van der Waals surface area contributed by atoms with Crippen molar-refractivity contribution in [1.29, 1.82) is 0 Å². The zero-order valence-corrected chi connectivity index (χ0v) is 10.4. The molecule has 2 heterocycles. The van der Waals surface area contributed by atoms with Gasteiger partial charge in [0.1, 0.15) is 0 Å². The Labute approximate surface area is 104 Å². The summed E-state index contributed by atoms with van der Waals surface area (Å²) in [6.45, 7) is 2.06. The van der Waals surface area contributed by atoms with Crippen molar-refractivity contribution in [1.82, 2.24) is 0 Å². The maximum absolute atomic E-state index is 12.0. The molecule has 0 radical (unpaired) electrons. The number of anilines is 1. The van der Waals surface area contributed by atoms with Crippen LogP contribution in [-0.4, -0.2) is 5.91 Å². The van der Waals surface area contributed by atoms with Crippen molar-refractivity contribution >= 4 is 22.9 Å². The molecule has 1 atom stereocenters. The Hall–Kier alpha value is -1.61. The number of benzene rings is 1. The number of hydrogen-bond donors (Lipinski definition) is 1. The Morgan fingerprint density at radius 1 is 1.35 bits per heavy atom. The molecule has 3 rings (SSSR count). The van der Waals surface area contributed by atoms with Crippen LogP contribution in [0.5, 0.6) is 0 Å². The molecule has 2 aromatic rings. The van der Waals surface area contributed by atoms with Crippen LogP contribution in [0.3, 0.4) is 0 Å². The van der Waals surface area contributed by atoms with Gasteiger partial charge in [0.2, 0.25) is 5.91 Å². The molecule has 1 aliphatic rings. The first-order valence-corrected chi connectivity index (χ1v) is 6.56. The Morgan fingerprint density at radius 2 is 2.24 bits per heavy atom. The van der Waals surface area contributed by atoms with Crippen LogP contribution in [-0.2, 0) is 11.2 Å². The zero-order chi connectivity index (χ0) is 11.8. The molecule has 0 saturated carbocycles. The van der Waals surface area contributed by atoms with Gasteiger partial charge in [0.25, 0.3) is 0 Å². The molecule has 1 aromatic carbocycles. The summed E-state index contributed by atoms with van der Waals surface area (Å²) in [5.74, 6) is 0.0996. The molecule has 86 valence electrons. The number of nitrogens with one attached hydrogen (secondary N) is 1. The number of hydrogen-bond acceptors (Lipinski definition) is 2. The Morgan fingerprint density at radius 3 is 3.00 bits per heavy atom. The fraction of sp³-hybridized carbons (Fsp3) is 0.214. The second-order valence-corrected chi connectivity index (χ2v) is 5.45. The molecule has 1 aromatic heterocycles. The van der Waals surface area contributed by atoms with E-state index in [2.05, 4.69) is 29.8 Å². The molecule has 0 bridgehead atoms. The van der Waals surface area contributed by atoms with Crippen molar-refractivity contribution in [3.05, 3.63) is 51.7 Å². The smallest absolute Gasteiger partial charge is 0.232 e. The van der Waals surface area contributed by atoms with Crippen LogP contribution in [0.25, 0.3) is 0 Å². The first-order chi connectivity index (χ1) is 8.24. The molecule has 0 fully saturated rings. The average molecular weight is 243 g/mol. The van der Waals surface area contributed by atoms with E-state index in [9.17, 15) is 4.79 Å². The molecule has 0 saturated heterocycles. The van der Waals surface area contributed by atoms with Crippen molar-refractivity contribution in [2.45, 2.75) is 19.3 Å². The van der Waals surface area contributed by atoms with Crippen LogP contribution in [0.15, 0.2) is 35.7 Å². The van der Waals surface area contributed by atoms with E-state index < -0.39 is 0 Å². The summed E-state index contributed by atoms with van der Waals surface area (Å²) in [6, 6.07) is 10.3. The molecule has 17 heavy (non-hydrogen) atoms. The van der Waals surface area contributed by atoms with E-state index in [-0.39, 0.29) is 11.8 Å². The highest BCUT2D eigenvalue weighted by atomic mass is 32.1. The second kappa shape index (κ2) is 4.00. The number of carbonyl (C=O) groups excluding carboxylic acids is 1. The van der Waals surface area contributed by atoms with Gasteiger partial charge in [-0.15, -0.1) is 11.3 Å². The summed E-state index contributed by atoms with van der Waals surface area (Å²) in [5, 5.41) is 5.01. The minimum absolute atomic E-state index is 0.0245. The highest BCUT2D eigenvalue weighted by molar-refractivity contribution is 7.09. The first-order valence-electron chi connectivity index (χ1n) is 5.68. The van der Waals surface area contributed by atoms with Gasteiger partial charge in [-0.05, 0) is 36.4 Å². The van der Waals surface area contributed by atoms with Crippen LogP contribution in [0.1, 0.15) is 21.9 Å². The van der Waals surface area contributed by atoms with Gasteiger partial charge in [-0.25, -0.2) is 0 Å². The summed E-state index contributed by atoms with van der Waals surface area (Å²) in [7, 11) is 0. The number of amides is 1. The third kappa shape index (κ3) is 1.87. The average Bonchev–Trinajstić information content (AvgIpc) is 2.90. The highest BCUT2D eigenvalue weighted by Gasteiger charge is 2.30. The predicted octanol–water partition coefficient (Wildman–Crippen LogP) is 3.33. The zero-order valence-electron chi connectivity index (χ0n) is 9.57. The molecular formula is C14H13NOS. The van der Waals surface area contributed by atoms with E-state index in [0.717, 1.165) is 17.7 Å². The Kier molecular flexibility index (Phi) is 2.48. The monoisotopic (exact) mass is 243 g/mol. The standard InChI is InChI=1S/C14H13NOS/c1-9-4-5-13-11(7-9)12(14(16)15-13)8-10-3-2-6-17-10/h2-7,12H,8H2,1H3,(H,15,16)/t12-/m0/s1. The van der Waals surface area contributed by atoms with Crippen LogP contribution in [0.4, 0.5) is 5.69 Å². The maximum Gasteiger partial charge on any atom is 0.232 e. The van der Waals surface area contributed by atoms with E-state index in [0.29, 0.717) is 0 Å². The SMILES string of the molecule is Cc1ccc2c(c1)[C@H](Cc1cccs1)C(=O)N2.